The molecule has 0 unspecified atom stereocenters. The average molecular weight is 385 g/mol. The Hall–Kier alpha value is -1.47. The Morgan fingerprint density at radius 2 is 1.60 bits per heavy atom. The highest BCUT2D eigenvalue weighted by Crippen LogP contribution is 2.33. The van der Waals surface area contributed by atoms with E-state index in [9.17, 15) is 12.8 Å². The second-order valence-corrected chi connectivity index (χ2v) is 8.48. The molecule has 0 saturated carbocycles. The minimum Gasteiger partial charge on any atom is -0.207 e. The third-order valence-corrected chi connectivity index (χ3v) is 6.22. The smallest absolute Gasteiger partial charge is 0.207 e. The summed E-state index contributed by atoms with van der Waals surface area (Å²) in [6.45, 7) is 2.70. The summed E-state index contributed by atoms with van der Waals surface area (Å²) in [4.78, 5) is 0.103. The fraction of sp³-hybridized carbons (Fsp3) is 0.333. The molecular formula is C18H20ClFNO3S+. The molecular weight excluding hydrogens is 365 g/mol. The SMILES string of the molecule is Cc1ccc(S(=O)(=O)O[N+]2(c3ccc(F)cc3)CCC(Cl)CC2)cc1. The molecule has 2 aromatic carbocycles. The largest absolute Gasteiger partial charge is 0.343 e. The minimum absolute atomic E-state index is 0.0163. The molecule has 0 spiro atoms. The molecule has 4 nitrogen and oxygen atoms in total. The topological polar surface area (TPSA) is 43.4 Å². The maximum Gasteiger partial charge on any atom is 0.343 e. The number of rotatable bonds is 4. The lowest BCUT2D eigenvalue weighted by atomic mass is 10.1. The fourth-order valence-corrected chi connectivity index (χ4v) is 4.34. The molecule has 1 heterocycles. The number of hydrogen-bond acceptors (Lipinski definition) is 3. The van der Waals surface area contributed by atoms with Gasteiger partial charge in [0.15, 0.2) is 5.69 Å². The van der Waals surface area contributed by atoms with Crippen molar-refractivity contribution in [2.45, 2.75) is 30.0 Å². The van der Waals surface area contributed by atoms with Gasteiger partial charge in [-0.3, -0.25) is 0 Å². The van der Waals surface area contributed by atoms with Crippen LogP contribution < -0.4 is 4.65 Å². The van der Waals surface area contributed by atoms with Crippen LogP contribution in [0.5, 0.6) is 0 Å². The standard InChI is InChI=1S/C18H20ClFNO3S/c1-14-2-8-18(9-3-14)25(22,23)24-21(12-10-15(19)11-13-21)17-6-4-16(20)5-7-17/h2-9,15H,10-13H2,1H3/q+1. The van der Waals surface area contributed by atoms with Gasteiger partial charge in [0.2, 0.25) is 0 Å². The van der Waals surface area contributed by atoms with E-state index < -0.39 is 10.1 Å². The van der Waals surface area contributed by atoms with Crippen LogP contribution in [-0.2, 0) is 14.4 Å². The van der Waals surface area contributed by atoms with Gasteiger partial charge in [-0.15, -0.1) is 16.2 Å². The molecule has 0 aromatic heterocycles. The van der Waals surface area contributed by atoms with E-state index in [1.807, 2.05) is 6.92 Å². The van der Waals surface area contributed by atoms with Crippen LogP contribution in [0, 0.1) is 12.7 Å². The van der Waals surface area contributed by atoms with Gasteiger partial charge in [-0.2, -0.15) is 8.42 Å². The third kappa shape index (κ3) is 4.03. The van der Waals surface area contributed by atoms with Crippen LogP contribution in [0.4, 0.5) is 10.1 Å². The molecule has 0 amide bonds. The number of benzene rings is 2. The summed E-state index contributed by atoms with van der Waals surface area (Å²) in [7, 11) is -3.98. The summed E-state index contributed by atoms with van der Waals surface area (Å²) in [6.07, 6.45) is 1.23. The Balaban J connectivity index is 1.97. The van der Waals surface area contributed by atoms with Gasteiger partial charge in [-0.05, 0) is 31.2 Å². The average Bonchev–Trinajstić information content (AvgIpc) is 2.58. The Morgan fingerprint density at radius 3 is 2.16 bits per heavy atom. The van der Waals surface area contributed by atoms with Crippen LogP contribution in [0.3, 0.4) is 0 Å². The van der Waals surface area contributed by atoms with Crippen LogP contribution in [0.15, 0.2) is 53.4 Å². The molecule has 7 heteroatoms. The van der Waals surface area contributed by atoms with E-state index in [0.29, 0.717) is 31.6 Å². The molecule has 1 saturated heterocycles. The normalized spacial score (nSPS) is 24.2. The van der Waals surface area contributed by atoms with E-state index in [2.05, 4.69) is 0 Å². The van der Waals surface area contributed by atoms with E-state index in [0.717, 1.165) is 5.56 Å². The Bertz CT molecular complexity index is 830. The summed E-state index contributed by atoms with van der Waals surface area (Å²) in [6, 6.07) is 12.3. The number of nitrogens with zero attached hydrogens (tertiary/aromatic N) is 1. The van der Waals surface area contributed by atoms with Crippen molar-refractivity contribution in [3.63, 3.8) is 0 Å². The first kappa shape index (κ1) is 18.3. The fourth-order valence-electron chi connectivity index (χ4n) is 2.98. The zero-order valence-electron chi connectivity index (χ0n) is 13.9. The number of piperidine rings is 1. The van der Waals surface area contributed by atoms with Crippen LogP contribution in [-0.4, -0.2) is 26.9 Å². The zero-order chi connectivity index (χ0) is 18.1. The van der Waals surface area contributed by atoms with Crippen molar-refractivity contribution in [2.24, 2.45) is 0 Å². The van der Waals surface area contributed by atoms with E-state index in [4.69, 9.17) is 15.9 Å². The van der Waals surface area contributed by atoms with Gasteiger partial charge < -0.3 is 0 Å². The van der Waals surface area contributed by atoms with Gasteiger partial charge in [0, 0.05) is 30.4 Å². The molecule has 3 rings (SSSR count). The van der Waals surface area contributed by atoms with E-state index >= 15 is 0 Å². The minimum atomic E-state index is -3.98. The number of aryl methyl sites for hydroxylation is 1. The molecule has 1 aliphatic rings. The highest BCUT2D eigenvalue weighted by atomic mass is 35.5. The third-order valence-electron chi connectivity index (χ3n) is 4.45. The summed E-state index contributed by atoms with van der Waals surface area (Å²) in [5.41, 5.74) is 1.56. The summed E-state index contributed by atoms with van der Waals surface area (Å²) < 4.78 is 44.4. The van der Waals surface area contributed by atoms with Crippen LogP contribution in [0.1, 0.15) is 18.4 Å². The maximum absolute atomic E-state index is 13.3. The number of halogens is 2. The predicted octanol–water partition coefficient (Wildman–Crippen LogP) is 4.16. The Kier molecular flexibility index (Phi) is 5.16. The van der Waals surface area contributed by atoms with Gasteiger partial charge in [0.05, 0.1) is 4.90 Å². The molecule has 25 heavy (non-hydrogen) atoms. The lowest BCUT2D eigenvalue weighted by Crippen LogP contribution is -2.55. The van der Waals surface area contributed by atoms with Gasteiger partial charge in [-0.1, -0.05) is 22.0 Å². The lowest BCUT2D eigenvalue weighted by Gasteiger charge is -2.37. The number of quaternary nitrogens is 1. The first-order chi connectivity index (χ1) is 11.8. The molecule has 1 aliphatic heterocycles. The monoisotopic (exact) mass is 384 g/mol. The van der Waals surface area contributed by atoms with Gasteiger partial charge >= 0.3 is 10.1 Å². The lowest BCUT2D eigenvalue weighted by molar-refractivity contribution is -0.0550. The molecule has 0 aliphatic carbocycles. The van der Waals surface area contributed by atoms with Crippen LogP contribution >= 0.6 is 11.6 Å². The summed E-state index contributed by atoms with van der Waals surface area (Å²) >= 11 is 6.19. The number of hydrogen-bond donors (Lipinski definition) is 0. The molecule has 134 valence electrons. The van der Waals surface area contributed by atoms with Gasteiger partial charge in [0.25, 0.3) is 0 Å². The maximum atomic E-state index is 13.3. The van der Waals surface area contributed by atoms with Crippen LogP contribution in [0.2, 0.25) is 0 Å². The first-order valence-corrected chi connectivity index (χ1v) is 9.95. The Morgan fingerprint density at radius 1 is 1.04 bits per heavy atom. The Labute approximate surface area is 152 Å². The molecule has 1 fully saturated rings. The van der Waals surface area contributed by atoms with Crippen molar-refractivity contribution >= 4 is 27.4 Å². The molecule has 0 N–H and O–H groups in total. The van der Waals surface area contributed by atoms with E-state index in [-0.39, 0.29) is 20.7 Å². The van der Waals surface area contributed by atoms with E-state index in [1.165, 1.54) is 24.3 Å². The van der Waals surface area contributed by atoms with Crippen molar-refractivity contribution in [3.05, 3.63) is 59.9 Å². The number of alkyl halides is 1. The van der Waals surface area contributed by atoms with Crippen molar-refractivity contribution in [2.75, 3.05) is 13.1 Å². The molecule has 0 atom stereocenters. The summed E-state index contributed by atoms with van der Waals surface area (Å²) in [5, 5.41) is -0.0163. The first-order valence-electron chi connectivity index (χ1n) is 8.11. The van der Waals surface area contributed by atoms with Crippen molar-refractivity contribution in [1.82, 2.24) is 4.65 Å². The molecule has 0 radical (unpaired) electrons. The zero-order valence-corrected chi connectivity index (χ0v) is 15.4. The van der Waals surface area contributed by atoms with Crippen molar-refractivity contribution in [1.29, 1.82) is 0 Å². The second-order valence-electron chi connectivity index (χ2n) is 6.33. The van der Waals surface area contributed by atoms with Gasteiger partial charge in [-0.25, -0.2) is 4.39 Å². The van der Waals surface area contributed by atoms with Crippen molar-refractivity contribution < 1.29 is 17.1 Å². The van der Waals surface area contributed by atoms with E-state index in [1.54, 1.807) is 24.3 Å². The summed E-state index contributed by atoms with van der Waals surface area (Å²) in [5.74, 6) is -0.379. The van der Waals surface area contributed by atoms with Crippen molar-refractivity contribution in [3.8, 4) is 0 Å². The number of hydroxylamine groups is 2. The highest BCUT2D eigenvalue weighted by molar-refractivity contribution is 7.86. The molecule has 2 aromatic rings. The highest BCUT2D eigenvalue weighted by Gasteiger charge is 2.42. The predicted molar refractivity (Wildman–Crippen MR) is 96.3 cm³/mol. The quantitative estimate of drug-likeness (QED) is 0.587. The molecule has 0 bridgehead atoms. The van der Waals surface area contributed by atoms with Crippen LogP contribution in [0.25, 0.3) is 0 Å². The van der Waals surface area contributed by atoms with Gasteiger partial charge in [0.1, 0.15) is 18.9 Å². The second kappa shape index (κ2) is 7.03.